The molecule has 1 aliphatic heterocycles. The summed E-state index contributed by atoms with van der Waals surface area (Å²) in [4.78, 5) is 7.88. The first-order valence-corrected chi connectivity index (χ1v) is 10.4. The van der Waals surface area contributed by atoms with Crippen LogP contribution in [-0.2, 0) is 14.8 Å². The molecule has 9 heteroatoms. The minimum absolute atomic E-state index is 0.0465. The van der Waals surface area contributed by atoms with Gasteiger partial charge in [-0.15, -0.1) is 0 Å². The van der Waals surface area contributed by atoms with E-state index in [1.54, 1.807) is 31.2 Å². The van der Waals surface area contributed by atoms with Crippen LogP contribution in [0.15, 0.2) is 36.7 Å². The minimum Gasteiger partial charge on any atom is -0.493 e. The van der Waals surface area contributed by atoms with E-state index in [0.29, 0.717) is 37.8 Å². The first-order chi connectivity index (χ1) is 13.0. The van der Waals surface area contributed by atoms with Crippen molar-refractivity contribution in [1.29, 1.82) is 0 Å². The van der Waals surface area contributed by atoms with Gasteiger partial charge in [0.25, 0.3) is 0 Å². The first kappa shape index (κ1) is 19.7. The molecule has 146 valence electrons. The molecule has 2 heterocycles. The number of benzene rings is 1. The highest BCUT2D eigenvalue weighted by molar-refractivity contribution is 7.89. The maximum Gasteiger partial charge on any atom is 0.211 e. The molecule has 0 unspecified atom stereocenters. The second-order valence-electron chi connectivity index (χ2n) is 6.31. The molecule has 2 atom stereocenters. The molecule has 0 saturated carbocycles. The van der Waals surface area contributed by atoms with Gasteiger partial charge >= 0.3 is 0 Å². The number of halogens is 1. The van der Waals surface area contributed by atoms with Crippen molar-refractivity contribution < 1.29 is 22.3 Å². The van der Waals surface area contributed by atoms with Crippen LogP contribution in [0.5, 0.6) is 5.75 Å². The molecule has 0 radical (unpaired) electrons. The molecule has 1 aromatic carbocycles. The lowest BCUT2D eigenvalue weighted by Gasteiger charge is -2.31. The highest BCUT2D eigenvalue weighted by Crippen LogP contribution is 2.22. The van der Waals surface area contributed by atoms with Gasteiger partial charge in [-0.05, 0) is 37.6 Å². The third-order valence-corrected chi connectivity index (χ3v) is 5.80. The van der Waals surface area contributed by atoms with Gasteiger partial charge in [-0.2, -0.15) is 0 Å². The van der Waals surface area contributed by atoms with Crippen LogP contribution in [-0.4, -0.2) is 50.0 Å². The lowest BCUT2D eigenvalue weighted by molar-refractivity contribution is 0.0186. The zero-order chi connectivity index (χ0) is 19.3. The first-order valence-electron chi connectivity index (χ1n) is 8.75. The van der Waals surface area contributed by atoms with E-state index < -0.39 is 15.8 Å². The van der Waals surface area contributed by atoms with Crippen molar-refractivity contribution in [2.75, 3.05) is 25.6 Å². The van der Waals surface area contributed by atoms with Gasteiger partial charge < -0.3 is 9.47 Å². The predicted octanol–water partition coefficient (Wildman–Crippen LogP) is 2.01. The summed E-state index contributed by atoms with van der Waals surface area (Å²) < 4.78 is 50.6. The normalized spacial score (nSPS) is 20.4. The molecule has 7 nitrogen and oxygen atoms in total. The van der Waals surface area contributed by atoms with Crippen molar-refractivity contribution in [2.24, 2.45) is 5.92 Å². The van der Waals surface area contributed by atoms with E-state index >= 15 is 0 Å². The molecule has 1 N–H and O–H groups in total. The van der Waals surface area contributed by atoms with Gasteiger partial charge in [-0.25, -0.2) is 27.5 Å². The van der Waals surface area contributed by atoms with Crippen LogP contribution in [0.3, 0.4) is 0 Å². The number of sulfonamides is 1. The molecule has 1 fully saturated rings. The van der Waals surface area contributed by atoms with Crippen LogP contribution in [0, 0.1) is 11.7 Å². The molecule has 0 bridgehead atoms. The highest BCUT2D eigenvalue weighted by Gasteiger charge is 2.29. The molecule has 1 saturated heterocycles. The standard InChI is InChI=1S/C18H22FN3O4S/c1-2-27(23,24)22-17-7-8-25-11-14(17)12-26-16-5-3-13(4-6-16)18-20-9-15(19)10-21-18/h3-6,9-10,14,17,22H,2,7-8,11-12H2,1H3/t14-,17+/m1/s1. The monoisotopic (exact) mass is 395 g/mol. The minimum atomic E-state index is -3.28. The van der Waals surface area contributed by atoms with Crippen LogP contribution >= 0.6 is 0 Å². The van der Waals surface area contributed by atoms with Crippen molar-refractivity contribution in [3.05, 3.63) is 42.5 Å². The van der Waals surface area contributed by atoms with Gasteiger partial charge in [0, 0.05) is 24.1 Å². The number of nitrogens with zero attached hydrogens (tertiary/aromatic N) is 2. The fourth-order valence-corrected chi connectivity index (χ4v) is 3.73. The maximum atomic E-state index is 12.9. The molecular formula is C18H22FN3O4S. The van der Waals surface area contributed by atoms with Crippen molar-refractivity contribution in [2.45, 2.75) is 19.4 Å². The van der Waals surface area contributed by atoms with Gasteiger partial charge in [0.15, 0.2) is 11.6 Å². The van der Waals surface area contributed by atoms with Crippen LogP contribution in [0.4, 0.5) is 4.39 Å². The van der Waals surface area contributed by atoms with Gasteiger partial charge in [0.2, 0.25) is 10.0 Å². The van der Waals surface area contributed by atoms with Gasteiger partial charge in [0.05, 0.1) is 31.4 Å². The molecule has 1 aromatic heterocycles. The Morgan fingerprint density at radius 3 is 2.63 bits per heavy atom. The SMILES string of the molecule is CCS(=O)(=O)N[C@H]1CCOC[C@@H]1COc1ccc(-c2ncc(F)cn2)cc1. The molecule has 1 aliphatic rings. The summed E-state index contributed by atoms with van der Waals surface area (Å²) in [6.45, 7) is 2.92. The summed E-state index contributed by atoms with van der Waals surface area (Å²) in [7, 11) is -3.28. The van der Waals surface area contributed by atoms with Gasteiger partial charge in [-0.1, -0.05) is 0 Å². The van der Waals surface area contributed by atoms with E-state index in [-0.39, 0.29) is 17.7 Å². The Labute approximate surface area is 158 Å². The van der Waals surface area contributed by atoms with E-state index in [4.69, 9.17) is 9.47 Å². The molecule has 0 aliphatic carbocycles. The number of rotatable bonds is 7. The van der Waals surface area contributed by atoms with E-state index in [1.807, 2.05) is 0 Å². The molecule has 0 amide bonds. The second-order valence-corrected chi connectivity index (χ2v) is 8.35. The van der Waals surface area contributed by atoms with Crippen molar-refractivity contribution in [1.82, 2.24) is 14.7 Å². The van der Waals surface area contributed by atoms with Crippen LogP contribution in [0.25, 0.3) is 11.4 Å². The van der Waals surface area contributed by atoms with E-state index in [0.717, 1.165) is 18.0 Å². The number of ether oxygens (including phenoxy) is 2. The predicted molar refractivity (Wildman–Crippen MR) is 98.2 cm³/mol. The molecule has 0 spiro atoms. The Morgan fingerprint density at radius 1 is 1.26 bits per heavy atom. The van der Waals surface area contributed by atoms with Crippen LogP contribution in [0.1, 0.15) is 13.3 Å². The fourth-order valence-electron chi connectivity index (χ4n) is 2.80. The lowest BCUT2D eigenvalue weighted by atomic mass is 9.98. The van der Waals surface area contributed by atoms with Crippen molar-refractivity contribution >= 4 is 10.0 Å². The highest BCUT2D eigenvalue weighted by atomic mass is 32.2. The fraction of sp³-hybridized carbons (Fsp3) is 0.444. The lowest BCUT2D eigenvalue weighted by Crippen LogP contribution is -2.47. The van der Waals surface area contributed by atoms with Crippen molar-refractivity contribution in [3.63, 3.8) is 0 Å². The van der Waals surface area contributed by atoms with Crippen LogP contribution < -0.4 is 9.46 Å². The third kappa shape index (κ3) is 5.44. The zero-order valence-electron chi connectivity index (χ0n) is 15.0. The molecule has 2 aromatic rings. The summed E-state index contributed by atoms with van der Waals surface area (Å²) in [6.07, 6.45) is 2.86. The Balaban J connectivity index is 1.60. The number of hydrogen-bond donors (Lipinski definition) is 1. The summed E-state index contributed by atoms with van der Waals surface area (Å²) in [5, 5.41) is 0. The van der Waals surface area contributed by atoms with E-state index in [2.05, 4.69) is 14.7 Å². The molecular weight excluding hydrogens is 373 g/mol. The van der Waals surface area contributed by atoms with Gasteiger partial charge in [-0.3, -0.25) is 0 Å². The quantitative estimate of drug-likeness (QED) is 0.771. The summed E-state index contributed by atoms with van der Waals surface area (Å²) >= 11 is 0. The Kier molecular flexibility index (Phi) is 6.35. The Hall–Kier alpha value is -2.10. The molecule has 3 rings (SSSR count). The average Bonchev–Trinajstić information content (AvgIpc) is 2.68. The smallest absolute Gasteiger partial charge is 0.211 e. The number of nitrogens with one attached hydrogen (secondary N) is 1. The maximum absolute atomic E-state index is 12.9. The van der Waals surface area contributed by atoms with E-state index in [1.165, 1.54) is 0 Å². The average molecular weight is 395 g/mol. The summed E-state index contributed by atoms with van der Waals surface area (Å²) in [5.41, 5.74) is 0.747. The Bertz CT molecular complexity index is 844. The zero-order valence-corrected chi connectivity index (χ0v) is 15.8. The largest absolute Gasteiger partial charge is 0.493 e. The molecule has 27 heavy (non-hydrogen) atoms. The van der Waals surface area contributed by atoms with Crippen LogP contribution in [0.2, 0.25) is 0 Å². The summed E-state index contributed by atoms with van der Waals surface area (Å²) in [6, 6.07) is 6.93. The van der Waals surface area contributed by atoms with E-state index in [9.17, 15) is 12.8 Å². The second kappa shape index (κ2) is 8.73. The van der Waals surface area contributed by atoms with Gasteiger partial charge in [0.1, 0.15) is 5.75 Å². The third-order valence-electron chi connectivity index (χ3n) is 4.38. The number of aromatic nitrogens is 2. The van der Waals surface area contributed by atoms with Crippen molar-refractivity contribution in [3.8, 4) is 17.1 Å². The Morgan fingerprint density at radius 2 is 1.96 bits per heavy atom. The number of hydrogen-bond acceptors (Lipinski definition) is 6. The summed E-state index contributed by atoms with van der Waals surface area (Å²) in [5.74, 6) is 0.563. The topological polar surface area (TPSA) is 90.4 Å².